The molecule has 1 N–H and O–H groups in total. The van der Waals surface area contributed by atoms with Crippen molar-refractivity contribution in [2.75, 3.05) is 0 Å². The molecule has 1 aromatic rings. The average Bonchev–Trinajstić information content (AvgIpc) is 2.16. The zero-order chi connectivity index (χ0) is 9.68. The van der Waals surface area contributed by atoms with Gasteiger partial charge < -0.3 is 5.21 Å². The number of allylic oxidation sites excluding steroid dienone is 1. The highest BCUT2D eigenvalue weighted by Crippen LogP contribution is 2.04. The second kappa shape index (κ2) is 4.45. The molecule has 2 nitrogen and oxygen atoms in total. The quantitative estimate of drug-likeness (QED) is 0.418. The molecule has 68 valence electrons. The summed E-state index contributed by atoms with van der Waals surface area (Å²) >= 11 is 0. The molecule has 0 heterocycles. The van der Waals surface area contributed by atoms with Crippen LogP contribution < -0.4 is 0 Å². The van der Waals surface area contributed by atoms with Gasteiger partial charge in [0.25, 0.3) is 0 Å². The van der Waals surface area contributed by atoms with E-state index in [9.17, 15) is 0 Å². The third-order valence-corrected chi connectivity index (χ3v) is 1.75. The molecule has 0 aliphatic carbocycles. The van der Waals surface area contributed by atoms with Crippen LogP contribution in [0.4, 0.5) is 0 Å². The fraction of sp³-hybridized carbons (Fsp3) is 0.182. The van der Waals surface area contributed by atoms with Crippen LogP contribution >= 0.6 is 0 Å². The minimum Gasteiger partial charge on any atom is -0.411 e. The van der Waals surface area contributed by atoms with Crippen molar-refractivity contribution in [3.8, 4) is 0 Å². The molecule has 0 bridgehead atoms. The molecule has 0 fully saturated rings. The molecular weight excluding hydrogens is 162 g/mol. The Balaban J connectivity index is 2.75. The maximum absolute atomic E-state index is 8.39. The van der Waals surface area contributed by atoms with Crippen molar-refractivity contribution < 1.29 is 5.21 Å². The third-order valence-electron chi connectivity index (χ3n) is 1.75. The van der Waals surface area contributed by atoms with Crippen molar-refractivity contribution in [2.24, 2.45) is 5.16 Å². The van der Waals surface area contributed by atoms with Gasteiger partial charge in [-0.05, 0) is 25.5 Å². The van der Waals surface area contributed by atoms with E-state index in [1.165, 1.54) is 5.56 Å². The molecule has 0 amide bonds. The Labute approximate surface area is 78.2 Å². The summed E-state index contributed by atoms with van der Waals surface area (Å²) in [6.45, 7) is 3.79. The summed E-state index contributed by atoms with van der Waals surface area (Å²) < 4.78 is 0. The second-order valence-corrected chi connectivity index (χ2v) is 2.99. The zero-order valence-electron chi connectivity index (χ0n) is 7.86. The lowest BCUT2D eigenvalue weighted by Crippen LogP contribution is -1.82. The van der Waals surface area contributed by atoms with Crippen LogP contribution in [0.1, 0.15) is 18.1 Å². The van der Waals surface area contributed by atoms with Gasteiger partial charge in [0.1, 0.15) is 0 Å². The molecule has 0 aromatic heterocycles. The number of nitrogens with zero attached hydrogens (tertiary/aromatic N) is 1. The van der Waals surface area contributed by atoms with Crippen molar-refractivity contribution in [1.82, 2.24) is 0 Å². The predicted molar refractivity (Wildman–Crippen MR) is 55.1 cm³/mol. The Hall–Kier alpha value is -1.57. The van der Waals surface area contributed by atoms with Crippen LogP contribution in [0.2, 0.25) is 0 Å². The van der Waals surface area contributed by atoms with E-state index in [0.717, 1.165) is 5.56 Å². The normalized spacial score (nSPS) is 12.3. The summed E-state index contributed by atoms with van der Waals surface area (Å²) in [6, 6.07) is 8.14. The maximum Gasteiger partial charge on any atom is 0.0765 e. The summed E-state index contributed by atoms with van der Waals surface area (Å²) in [5, 5.41) is 11.4. The first-order valence-corrected chi connectivity index (χ1v) is 4.16. The third kappa shape index (κ3) is 3.11. The Bertz CT molecular complexity index is 322. The molecule has 0 radical (unpaired) electrons. The number of benzene rings is 1. The largest absolute Gasteiger partial charge is 0.411 e. The van der Waals surface area contributed by atoms with E-state index in [1.807, 2.05) is 37.3 Å². The van der Waals surface area contributed by atoms with E-state index in [-0.39, 0.29) is 0 Å². The lowest BCUT2D eigenvalue weighted by Gasteiger charge is -1.93. The molecule has 1 aromatic carbocycles. The SMILES string of the molecule is CC(C=Cc1ccc(C)cc1)=NO. The van der Waals surface area contributed by atoms with E-state index in [2.05, 4.69) is 5.16 Å². The minimum atomic E-state index is 0.598. The summed E-state index contributed by atoms with van der Waals surface area (Å²) in [4.78, 5) is 0. The molecule has 0 atom stereocenters. The minimum absolute atomic E-state index is 0.598. The highest BCUT2D eigenvalue weighted by Gasteiger charge is 1.86. The Morgan fingerprint density at radius 2 is 1.92 bits per heavy atom. The maximum atomic E-state index is 8.39. The van der Waals surface area contributed by atoms with Crippen LogP contribution in [0.15, 0.2) is 35.5 Å². The molecule has 0 aliphatic rings. The predicted octanol–water partition coefficient (Wildman–Crippen LogP) is 2.86. The van der Waals surface area contributed by atoms with Crippen molar-refractivity contribution in [1.29, 1.82) is 0 Å². The summed E-state index contributed by atoms with van der Waals surface area (Å²) in [5.74, 6) is 0. The van der Waals surface area contributed by atoms with Gasteiger partial charge >= 0.3 is 0 Å². The van der Waals surface area contributed by atoms with Crippen LogP contribution in [-0.4, -0.2) is 10.9 Å². The summed E-state index contributed by atoms with van der Waals surface area (Å²) in [5.41, 5.74) is 2.94. The molecule has 2 heteroatoms. The van der Waals surface area contributed by atoms with Gasteiger partial charge in [-0.25, -0.2) is 0 Å². The number of rotatable bonds is 2. The first kappa shape index (κ1) is 9.52. The number of hydrogen-bond acceptors (Lipinski definition) is 2. The van der Waals surface area contributed by atoms with E-state index in [1.54, 1.807) is 13.0 Å². The highest BCUT2D eigenvalue weighted by atomic mass is 16.4. The van der Waals surface area contributed by atoms with Crippen LogP contribution in [-0.2, 0) is 0 Å². The van der Waals surface area contributed by atoms with Gasteiger partial charge in [0.15, 0.2) is 0 Å². The van der Waals surface area contributed by atoms with Crippen LogP contribution in [0, 0.1) is 6.92 Å². The van der Waals surface area contributed by atoms with Crippen LogP contribution in [0.25, 0.3) is 6.08 Å². The lowest BCUT2D eigenvalue weighted by molar-refractivity contribution is 0.319. The lowest BCUT2D eigenvalue weighted by atomic mass is 10.1. The second-order valence-electron chi connectivity index (χ2n) is 2.99. The molecule has 1 rings (SSSR count). The van der Waals surface area contributed by atoms with Crippen molar-refractivity contribution in [3.63, 3.8) is 0 Å². The monoisotopic (exact) mass is 175 g/mol. The van der Waals surface area contributed by atoms with Gasteiger partial charge in [-0.15, -0.1) is 0 Å². The summed E-state index contributed by atoms with van der Waals surface area (Å²) in [6.07, 6.45) is 3.68. The zero-order valence-corrected chi connectivity index (χ0v) is 7.86. The van der Waals surface area contributed by atoms with Crippen molar-refractivity contribution in [2.45, 2.75) is 13.8 Å². The number of hydrogen-bond donors (Lipinski definition) is 1. The van der Waals surface area contributed by atoms with Gasteiger partial charge in [0, 0.05) is 0 Å². The molecule has 13 heavy (non-hydrogen) atoms. The molecule has 0 aliphatic heterocycles. The van der Waals surface area contributed by atoms with Crippen LogP contribution in [0.5, 0.6) is 0 Å². The Morgan fingerprint density at radius 3 is 2.46 bits per heavy atom. The topological polar surface area (TPSA) is 32.6 Å². The van der Waals surface area contributed by atoms with E-state index < -0.39 is 0 Å². The van der Waals surface area contributed by atoms with Gasteiger partial charge in [-0.2, -0.15) is 0 Å². The van der Waals surface area contributed by atoms with E-state index in [0.29, 0.717) is 5.71 Å². The molecular formula is C11H13NO. The smallest absolute Gasteiger partial charge is 0.0765 e. The first-order valence-electron chi connectivity index (χ1n) is 4.16. The fourth-order valence-corrected chi connectivity index (χ4v) is 0.928. The molecule has 0 spiro atoms. The van der Waals surface area contributed by atoms with Crippen LogP contribution in [0.3, 0.4) is 0 Å². The number of aryl methyl sites for hydroxylation is 1. The molecule has 0 saturated heterocycles. The van der Waals surface area contributed by atoms with Crippen molar-refractivity contribution >= 4 is 11.8 Å². The average molecular weight is 175 g/mol. The molecule has 0 saturated carbocycles. The summed E-state index contributed by atoms with van der Waals surface area (Å²) in [7, 11) is 0. The first-order chi connectivity index (χ1) is 6.22. The highest BCUT2D eigenvalue weighted by molar-refractivity contribution is 5.95. The fourth-order valence-electron chi connectivity index (χ4n) is 0.928. The van der Waals surface area contributed by atoms with Gasteiger partial charge in [0.05, 0.1) is 5.71 Å². The van der Waals surface area contributed by atoms with E-state index >= 15 is 0 Å². The van der Waals surface area contributed by atoms with Gasteiger partial charge in [-0.1, -0.05) is 41.1 Å². The number of oxime groups is 1. The van der Waals surface area contributed by atoms with E-state index in [4.69, 9.17) is 5.21 Å². The van der Waals surface area contributed by atoms with Gasteiger partial charge in [-0.3, -0.25) is 0 Å². The van der Waals surface area contributed by atoms with Gasteiger partial charge in [0.2, 0.25) is 0 Å². The Morgan fingerprint density at radius 1 is 1.31 bits per heavy atom. The molecule has 0 unspecified atom stereocenters. The van der Waals surface area contributed by atoms with Crippen molar-refractivity contribution in [3.05, 3.63) is 41.5 Å². The standard InChI is InChI=1S/C11H13NO/c1-9-3-6-11(7-4-9)8-5-10(2)12-13/h3-8,13H,1-2H3. The Kier molecular flexibility index (Phi) is 3.26.